The highest BCUT2D eigenvalue weighted by molar-refractivity contribution is 8.45. The molecule has 2 amide bonds. The quantitative estimate of drug-likeness (QED) is 0.738. The summed E-state index contributed by atoms with van der Waals surface area (Å²) in [5.41, 5.74) is -4.65. The maximum Gasteiger partial charge on any atom is 0.441 e. The van der Waals surface area contributed by atoms with Crippen molar-refractivity contribution in [2.45, 2.75) is 24.9 Å². The Bertz CT molecular complexity index is 514. The van der Waals surface area contributed by atoms with E-state index in [2.05, 4.69) is 10.1 Å². The molecule has 5 nitrogen and oxygen atoms in total. The number of carbonyl (C=O) groups is 1. The van der Waals surface area contributed by atoms with Crippen molar-refractivity contribution in [2.24, 2.45) is 10.1 Å². The second-order valence-electron chi connectivity index (χ2n) is 3.74. The topological polar surface area (TPSA) is 57.1 Å². The van der Waals surface area contributed by atoms with E-state index in [0.29, 0.717) is 22.5 Å². The standard InChI is InChI=1S/C8H6F6N4OS2/c1-2-20-5-17-18-3(19)15-6(7(9,10)11,8(12,13)14)16-4(18)21-5/h2H2,1H3,(H,15,19). The van der Waals surface area contributed by atoms with Crippen molar-refractivity contribution < 1.29 is 31.1 Å². The number of fused-ring (bicyclic) bond motifs is 1. The molecule has 0 aromatic rings. The fourth-order valence-electron chi connectivity index (χ4n) is 1.46. The number of amides is 2. The molecule has 118 valence electrons. The Morgan fingerprint density at radius 2 is 1.86 bits per heavy atom. The van der Waals surface area contributed by atoms with E-state index in [0.717, 1.165) is 17.1 Å². The van der Waals surface area contributed by atoms with E-state index in [9.17, 15) is 31.1 Å². The van der Waals surface area contributed by atoms with Crippen LogP contribution in [0.15, 0.2) is 10.1 Å². The van der Waals surface area contributed by atoms with Gasteiger partial charge in [0.1, 0.15) is 0 Å². The number of amidine groups is 1. The maximum atomic E-state index is 12.9. The molecule has 1 N–H and O–H groups in total. The van der Waals surface area contributed by atoms with Gasteiger partial charge in [-0.1, -0.05) is 18.7 Å². The van der Waals surface area contributed by atoms with Crippen LogP contribution in [0.1, 0.15) is 6.92 Å². The summed E-state index contributed by atoms with van der Waals surface area (Å²) in [6.07, 6.45) is -11.7. The Balaban J connectivity index is 2.49. The maximum absolute atomic E-state index is 12.9. The number of thioether (sulfide) groups is 2. The molecule has 2 aliphatic rings. The van der Waals surface area contributed by atoms with Crippen LogP contribution in [0.3, 0.4) is 0 Å². The van der Waals surface area contributed by atoms with E-state index in [4.69, 9.17) is 0 Å². The van der Waals surface area contributed by atoms with Crippen molar-refractivity contribution in [1.29, 1.82) is 0 Å². The highest BCUT2D eigenvalue weighted by Crippen LogP contribution is 2.47. The normalized spacial score (nSPS) is 21.7. The molecule has 2 rings (SSSR count). The smallest absolute Gasteiger partial charge is 0.296 e. The largest absolute Gasteiger partial charge is 0.441 e. The molecule has 0 saturated heterocycles. The van der Waals surface area contributed by atoms with Gasteiger partial charge in [0.05, 0.1) is 0 Å². The van der Waals surface area contributed by atoms with Gasteiger partial charge in [0.15, 0.2) is 9.54 Å². The van der Waals surface area contributed by atoms with Crippen LogP contribution in [0.4, 0.5) is 31.1 Å². The number of urea groups is 1. The number of nitrogens with one attached hydrogen (secondary N) is 1. The van der Waals surface area contributed by atoms with Crippen molar-refractivity contribution >= 4 is 39.1 Å². The number of aliphatic imine (C=N–C) groups is 1. The summed E-state index contributed by atoms with van der Waals surface area (Å²) >= 11 is 1.56. The summed E-state index contributed by atoms with van der Waals surface area (Å²) in [5, 5.41) is 4.10. The molecule has 0 aromatic heterocycles. The predicted molar refractivity (Wildman–Crippen MR) is 65.8 cm³/mol. The Morgan fingerprint density at radius 1 is 1.29 bits per heavy atom. The summed E-state index contributed by atoms with van der Waals surface area (Å²) in [4.78, 5) is 14.2. The van der Waals surface area contributed by atoms with Gasteiger partial charge in [-0.2, -0.15) is 31.4 Å². The third-order valence-corrected chi connectivity index (χ3v) is 4.30. The van der Waals surface area contributed by atoms with E-state index in [1.54, 1.807) is 6.92 Å². The van der Waals surface area contributed by atoms with E-state index in [1.165, 1.54) is 0 Å². The molecule has 0 spiro atoms. The average molecular weight is 352 g/mol. The van der Waals surface area contributed by atoms with Crippen LogP contribution in [-0.4, -0.2) is 44.4 Å². The first-order valence-electron chi connectivity index (χ1n) is 5.26. The highest BCUT2D eigenvalue weighted by atomic mass is 32.2. The van der Waals surface area contributed by atoms with Crippen LogP contribution in [0.5, 0.6) is 0 Å². The Morgan fingerprint density at radius 3 is 2.33 bits per heavy atom. The second-order valence-corrected chi connectivity index (χ2v) is 6.21. The summed E-state index contributed by atoms with van der Waals surface area (Å²) in [7, 11) is 0. The third-order valence-electron chi connectivity index (χ3n) is 2.37. The lowest BCUT2D eigenvalue weighted by molar-refractivity contribution is -0.302. The number of rotatable bonds is 1. The van der Waals surface area contributed by atoms with Crippen LogP contribution in [0.2, 0.25) is 0 Å². The predicted octanol–water partition coefficient (Wildman–Crippen LogP) is 2.96. The average Bonchev–Trinajstić information content (AvgIpc) is 2.69. The van der Waals surface area contributed by atoms with Gasteiger partial charge in [0.25, 0.3) is 0 Å². The van der Waals surface area contributed by atoms with E-state index in [1.807, 2.05) is 0 Å². The summed E-state index contributed by atoms with van der Waals surface area (Å²) in [6, 6.07) is -1.63. The summed E-state index contributed by atoms with van der Waals surface area (Å²) < 4.78 is 77.3. The van der Waals surface area contributed by atoms with E-state index in [-0.39, 0.29) is 4.38 Å². The summed E-state index contributed by atoms with van der Waals surface area (Å²) in [6.45, 7) is 1.71. The zero-order valence-electron chi connectivity index (χ0n) is 10.0. The molecule has 2 heterocycles. The number of hydrogen-bond donors (Lipinski definition) is 1. The van der Waals surface area contributed by atoms with Crippen molar-refractivity contribution in [2.75, 3.05) is 5.75 Å². The Kier molecular flexibility index (Phi) is 3.85. The molecule has 0 atom stereocenters. The molecular formula is C8H6F6N4OS2. The van der Waals surface area contributed by atoms with Crippen LogP contribution in [-0.2, 0) is 0 Å². The van der Waals surface area contributed by atoms with E-state index < -0.39 is 29.2 Å². The Labute approximate surface area is 122 Å². The van der Waals surface area contributed by atoms with Crippen molar-refractivity contribution in [3.63, 3.8) is 0 Å². The minimum Gasteiger partial charge on any atom is -0.296 e. The lowest BCUT2D eigenvalue weighted by Crippen LogP contribution is -2.70. The molecule has 0 fully saturated rings. The van der Waals surface area contributed by atoms with Crippen LogP contribution >= 0.6 is 23.5 Å². The van der Waals surface area contributed by atoms with Gasteiger partial charge >= 0.3 is 24.0 Å². The van der Waals surface area contributed by atoms with Crippen LogP contribution < -0.4 is 5.32 Å². The van der Waals surface area contributed by atoms with Crippen molar-refractivity contribution in [1.82, 2.24) is 10.3 Å². The number of hydrazone groups is 1. The van der Waals surface area contributed by atoms with Gasteiger partial charge in [0, 0.05) is 0 Å². The Hall–Kier alpha value is -1.11. The lowest BCUT2D eigenvalue weighted by atomic mass is 10.1. The molecule has 21 heavy (non-hydrogen) atoms. The molecule has 0 bridgehead atoms. The number of carbonyl (C=O) groups excluding carboxylic acids is 1. The fraction of sp³-hybridized carbons (Fsp3) is 0.625. The minimum atomic E-state index is -5.83. The molecule has 0 saturated carbocycles. The van der Waals surface area contributed by atoms with Gasteiger partial charge in [-0.3, -0.25) is 5.32 Å². The number of halogens is 6. The molecule has 2 aliphatic heterocycles. The van der Waals surface area contributed by atoms with Gasteiger partial charge in [0.2, 0.25) is 0 Å². The van der Waals surface area contributed by atoms with Crippen LogP contribution in [0, 0.1) is 0 Å². The summed E-state index contributed by atoms with van der Waals surface area (Å²) in [5.74, 6) is 0.484. The molecule has 0 unspecified atom stereocenters. The first-order chi connectivity index (χ1) is 9.52. The minimum absolute atomic E-state index is 0.145. The van der Waals surface area contributed by atoms with Gasteiger partial charge in [-0.25, -0.2) is 9.79 Å². The number of nitrogens with zero attached hydrogens (tertiary/aromatic N) is 3. The monoisotopic (exact) mass is 352 g/mol. The number of hydrogen-bond acceptors (Lipinski definition) is 5. The van der Waals surface area contributed by atoms with Gasteiger partial charge in [-0.15, -0.1) is 5.10 Å². The lowest BCUT2D eigenvalue weighted by Gasteiger charge is -2.38. The second kappa shape index (κ2) is 4.97. The zero-order chi connectivity index (χ0) is 16.1. The van der Waals surface area contributed by atoms with Gasteiger partial charge < -0.3 is 0 Å². The van der Waals surface area contributed by atoms with E-state index >= 15 is 0 Å². The SMILES string of the molecule is CCSC1=NN2C(=O)NC(C(F)(F)F)(C(F)(F)F)N=C2S1. The van der Waals surface area contributed by atoms with Crippen molar-refractivity contribution in [3.8, 4) is 0 Å². The first-order valence-corrected chi connectivity index (χ1v) is 7.07. The molecule has 0 radical (unpaired) electrons. The molecule has 13 heteroatoms. The number of alkyl halides is 6. The van der Waals surface area contributed by atoms with Crippen LogP contribution in [0.25, 0.3) is 0 Å². The highest BCUT2D eigenvalue weighted by Gasteiger charge is 2.75. The van der Waals surface area contributed by atoms with Crippen molar-refractivity contribution in [3.05, 3.63) is 0 Å². The molecule has 0 aliphatic carbocycles. The zero-order valence-corrected chi connectivity index (χ0v) is 11.7. The first kappa shape index (κ1) is 16.3. The fourth-order valence-corrected chi connectivity index (χ4v) is 3.33. The third kappa shape index (κ3) is 2.56. The van der Waals surface area contributed by atoms with Gasteiger partial charge in [-0.05, 0) is 17.5 Å². The molecule has 0 aromatic carbocycles. The molecular weight excluding hydrogens is 346 g/mol.